The Morgan fingerprint density at radius 3 is 2.28 bits per heavy atom. The molecule has 1 aliphatic heterocycles. The van der Waals surface area contributed by atoms with Crippen molar-refractivity contribution in [1.29, 1.82) is 0 Å². The number of hydrogen-bond acceptors (Lipinski definition) is 2. The second-order valence-corrected chi connectivity index (χ2v) is 6.82. The summed E-state index contributed by atoms with van der Waals surface area (Å²) < 4.78 is 15.8. The summed E-state index contributed by atoms with van der Waals surface area (Å²) >= 11 is 0. The average Bonchev–Trinajstić information content (AvgIpc) is 3.02. The Labute approximate surface area is 145 Å². The number of amides is 2. The Morgan fingerprint density at radius 1 is 1.08 bits per heavy atom. The standard InChI is InChI=1S/C20H19FN2O2/c1-23-12-15-8-4-5-9-17(15)20(21,19(23)25)18(24)22-16-10-13-6-2-3-7-14(13)11-16/h2-9,16H,10-12H2,1H3,(H,22,24). The van der Waals surface area contributed by atoms with Crippen LogP contribution in [0.5, 0.6) is 0 Å². The van der Waals surface area contributed by atoms with Gasteiger partial charge >= 0.3 is 0 Å². The van der Waals surface area contributed by atoms with Crippen molar-refractivity contribution < 1.29 is 14.0 Å². The minimum Gasteiger partial charge on any atom is -0.349 e. The molecule has 128 valence electrons. The van der Waals surface area contributed by atoms with E-state index in [0.717, 1.165) is 11.1 Å². The summed E-state index contributed by atoms with van der Waals surface area (Å²) in [6, 6.07) is 14.5. The molecule has 1 heterocycles. The first-order chi connectivity index (χ1) is 12.0. The quantitative estimate of drug-likeness (QED) is 0.853. The second-order valence-electron chi connectivity index (χ2n) is 6.82. The fourth-order valence-electron chi connectivity index (χ4n) is 3.86. The van der Waals surface area contributed by atoms with E-state index in [0.29, 0.717) is 24.9 Å². The third-order valence-electron chi connectivity index (χ3n) is 5.14. The number of hydrogen-bond donors (Lipinski definition) is 1. The van der Waals surface area contributed by atoms with Gasteiger partial charge in [0.05, 0.1) is 0 Å². The van der Waals surface area contributed by atoms with Gasteiger partial charge in [-0.3, -0.25) is 9.59 Å². The van der Waals surface area contributed by atoms with E-state index in [1.807, 2.05) is 24.3 Å². The van der Waals surface area contributed by atoms with Crippen LogP contribution < -0.4 is 5.32 Å². The van der Waals surface area contributed by atoms with Crippen molar-refractivity contribution in [2.45, 2.75) is 31.1 Å². The zero-order valence-electron chi connectivity index (χ0n) is 14.0. The number of nitrogens with one attached hydrogen (secondary N) is 1. The SMILES string of the molecule is CN1Cc2ccccc2C(F)(C(=O)NC2Cc3ccccc3C2)C1=O. The van der Waals surface area contributed by atoms with Gasteiger partial charge in [-0.2, -0.15) is 0 Å². The molecule has 1 unspecified atom stereocenters. The Hall–Kier alpha value is -2.69. The fourth-order valence-corrected chi connectivity index (χ4v) is 3.86. The summed E-state index contributed by atoms with van der Waals surface area (Å²) in [6.45, 7) is 0.308. The minimum atomic E-state index is -2.67. The molecule has 0 saturated heterocycles. The maximum atomic E-state index is 15.8. The van der Waals surface area contributed by atoms with Crippen molar-refractivity contribution in [3.63, 3.8) is 0 Å². The van der Waals surface area contributed by atoms with E-state index in [1.165, 1.54) is 18.0 Å². The van der Waals surface area contributed by atoms with Crippen LogP contribution in [0.1, 0.15) is 22.3 Å². The number of halogens is 1. The summed E-state index contributed by atoms with van der Waals surface area (Å²) in [5.74, 6) is -1.67. The lowest BCUT2D eigenvalue weighted by atomic mass is 9.85. The highest BCUT2D eigenvalue weighted by Crippen LogP contribution is 2.36. The molecule has 0 fully saturated rings. The monoisotopic (exact) mass is 338 g/mol. The Kier molecular flexibility index (Phi) is 3.60. The first-order valence-electron chi connectivity index (χ1n) is 8.40. The van der Waals surface area contributed by atoms with Gasteiger partial charge in [0.25, 0.3) is 17.5 Å². The fraction of sp³-hybridized carbons (Fsp3) is 0.300. The molecule has 2 aromatic carbocycles. The van der Waals surface area contributed by atoms with Gasteiger partial charge in [0.2, 0.25) is 0 Å². The van der Waals surface area contributed by atoms with Crippen molar-refractivity contribution in [1.82, 2.24) is 10.2 Å². The summed E-state index contributed by atoms with van der Waals surface area (Å²) in [4.78, 5) is 26.6. The molecular weight excluding hydrogens is 319 g/mol. The van der Waals surface area contributed by atoms with E-state index in [4.69, 9.17) is 0 Å². The number of alkyl halides is 1. The van der Waals surface area contributed by atoms with Gasteiger partial charge in [-0.15, -0.1) is 0 Å². The largest absolute Gasteiger partial charge is 0.349 e. The third kappa shape index (κ3) is 2.42. The number of likely N-dealkylation sites (N-methyl/N-ethyl adjacent to an activating group) is 1. The van der Waals surface area contributed by atoms with Crippen LogP contribution in [0.25, 0.3) is 0 Å². The normalized spacial score (nSPS) is 22.5. The predicted molar refractivity (Wildman–Crippen MR) is 91.5 cm³/mol. The number of rotatable bonds is 2. The molecule has 1 N–H and O–H groups in total. The molecule has 0 saturated carbocycles. The maximum Gasteiger partial charge on any atom is 0.291 e. The highest BCUT2D eigenvalue weighted by atomic mass is 19.1. The van der Waals surface area contributed by atoms with Crippen molar-refractivity contribution in [3.05, 3.63) is 70.8 Å². The first-order valence-corrected chi connectivity index (χ1v) is 8.40. The molecule has 0 aromatic heterocycles. The maximum absolute atomic E-state index is 15.8. The molecule has 0 spiro atoms. The molecule has 1 aliphatic carbocycles. The lowest BCUT2D eigenvalue weighted by Gasteiger charge is -2.35. The van der Waals surface area contributed by atoms with E-state index in [1.54, 1.807) is 18.2 Å². The Bertz CT molecular complexity index is 841. The van der Waals surface area contributed by atoms with Gasteiger partial charge in [0.1, 0.15) is 0 Å². The van der Waals surface area contributed by atoms with Crippen molar-refractivity contribution in [2.24, 2.45) is 0 Å². The summed E-state index contributed by atoms with van der Waals surface area (Å²) in [6.07, 6.45) is 1.31. The van der Waals surface area contributed by atoms with Gasteiger partial charge in [-0.05, 0) is 29.5 Å². The molecule has 1 atom stereocenters. The molecular formula is C20H19FN2O2. The van der Waals surface area contributed by atoms with Crippen LogP contribution in [-0.2, 0) is 34.6 Å². The van der Waals surface area contributed by atoms with Gasteiger partial charge in [-0.1, -0.05) is 48.5 Å². The second kappa shape index (κ2) is 5.69. The summed E-state index contributed by atoms with van der Waals surface area (Å²) in [5, 5.41) is 2.77. The van der Waals surface area contributed by atoms with Crippen molar-refractivity contribution in [2.75, 3.05) is 7.05 Å². The van der Waals surface area contributed by atoms with Gasteiger partial charge in [0, 0.05) is 25.2 Å². The molecule has 2 aliphatic rings. The van der Waals surface area contributed by atoms with Crippen LogP contribution in [0.3, 0.4) is 0 Å². The number of fused-ring (bicyclic) bond motifs is 2. The van der Waals surface area contributed by atoms with E-state index >= 15 is 4.39 Å². The Morgan fingerprint density at radius 2 is 1.64 bits per heavy atom. The number of nitrogens with zero attached hydrogens (tertiary/aromatic N) is 1. The van der Waals surface area contributed by atoms with E-state index in [2.05, 4.69) is 5.32 Å². The third-order valence-corrected chi connectivity index (χ3v) is 5.14. The zero-order chi connectivity index (χ0) is 17.6. The van der Waals surface area contributed by atoms with Crippen LogP contribution in [0.4, 0.5) is 4.39 Å². The first kappa shape index (κ1) is 15.8. The molecule has 2 aromatic rings. The number of carbonyl (C=O) groups excluding carboxylic acids is 2. The van der Waals surface area contributed by atoms with Gasteiger partial charge in [0.15, 0.2) is 0 Å². The lowest BCUT2D eigenvalue weighted by molar-refractivity contribution is -0.155. The summed E-state index contributed by atoms with van der Waals surface area (Å²) in [7, 11) is 1.52. The van der Waals surface area contributed by atoms with E-state index in [-0.39, 0.29) is 11.6 Å². The van der Waals surface area contributed by atoms with Crippen LogP contribution in [0.2, 0.25) is 0 Å². The number of benzene rings is 2. The average molecular weight is 338 g/mol. The summed E-state index contributed by atoms with van der Waals surface area (Å²) in [5.41, 5.74) is 0.475. The highest BCUT2D eigenvalue weighted by molar-refractivity contribution is 6.10. The van der Waals surface area contributed by atoms with Crippen LogP contribution in [-0.4, -0.2) is 29.8 Å². The lowest BCUT2D eigenvalue weighted by Crippen LogP contribution is -2.57. The topological polar surface area (TPSA) is 49.4 Å². The van der Waals surface area contributed by atoms with Crippen LogP contribution >= 0.6 is 0 Å². The smallest absolute Gasteiger partial charge is 0.291 e. The molecule has 0 bridgehead atoms. The molecule has 5 heteroatoms. The van der Waals surface area contributed by atoms with Crippen LogP contribution in [0, 0.1) is 0 Å². The molecule has 25 heavy (non-hydrogen) atoms. The molecule has 4 nitrogen and oxygen atoms in total. The van der Waals surface area contributed by atoms with Crippen molar-refractivity contribution >= 4 is 11.8 Å². The van der Waals surface area contributed by atoms with Gasteiger partial charge < -0.3 is 10.2 Å². The molecule has 0 radical (unpaired) electrons. The van der Waals surface area contributed by atoms with Crippen LogP contribution in [0.15, 0.2) is 48.5 Å². The highest BCUT2D eigenvalue weighted by Gasteiger charge is 2.54. The molecule has 2 amide bonds. The van der Waals surface area contributed by atoms with E-state index in [9.17, 15) is 9.59 Å². The molecule has 4 rings (SSSR count). The van der Waals surface area contributed by atoms with Crippen molar-refractivity contribution in [3.8, 4) is 0 Å². The predicted octanol–water partition coefficient (Wildman–Crippen LogP) is 2.11. The minimum absolute atomic E-state index is 0.158. The Balaban J connectivity index is 1.62. The van der Waals surface area contributed by atoms with Gasteiger partial charge in [-0.25, -0.2) is 4.39 Å². The number of carbonyl (C=O) groups is 2. The zero-order valence-corrected chi connectivity index (χ0v) is 14.0. The van der Waals surface area contributed by atoms with E-state index < -0.39 is 17.5 Å².